The molecule has 1 fully saturated rings. The fourth-order valence-electron chi connectivity index (χ4n) is 3.32. The Morgan fingerprint density at radius 1 is 1.22 bits per heavy atom. The summed E-state index contributed by atoms with van der Waals surface area (Å²) in [5.41, 5.74) is 2.05. The van der Waals surface area contributed by atoms with E-state index in [2.05, 4.69) is 22.3 Å². The standard InChI is InChI=1S/C20H23N3O4/c1-15-13-17(7-8-18(15)23(25)26)20(24)21-14-19(16-5-3-2-4-6-16)22-9-11-27-12-10-22/h2-8,13,19H,9-12,14H2,1H3,(H,21,24). The summed E-state index contributed by atoms with van der Waals surface area (Å²) in [6.07, 6.45) is 0. The molecule has 1 aliphatic rings. The first-order valence-corrected chi connectivity index (χ1v) is 8.96. The van der Waals surface area contributed by atoms with Gasteiger partial charge in [0.25, 0.3) is 11.6 Å². The van der Waals surface area contributed by atoms with Gasteiger partial charge in [0.1, 0.15) is 0 Å². The molecule has 1 N–H and O–H groups in total. The first-order valence-electron chi connectivity index (χ1n) is 8.96. The summed E-state index contributed by atoms with van der Waals surface area (Å²) in [6.45, 7) is 5.07. The number of nitrogens with zero attached hydrogens (tertiary/aromatic N) is 2. The lowest BCUT2D eigenvalue weighted by molar-refractivity contribution is -0.385. The van der Waals surface area contributed by atoms with Crippen molar-refractivity contribution in [2.75, 3.05) is 32.8 Å². The number of carbonyl (C=O) groups is 1. The number of carbonyl (C=O) groups excluding carboxylic acids is 1. The van der Waals surface area contributed by atoms with Gasteiger partial charge in [0.2, 0.25) is 0 Å². The zero-order chi connectivity index (χ0) is 19.2. The van der Waals surface area contributed by atoms with Gasteiger partial charge in [0, 0.05) is 36.8 Å². The average molecular weight is 369 g/mol. The third-order valence-corrected chi connectivity index (χ3v) is 4.78. The van der Waals surface area contributed by atoms with Crippen molar-refractivity contribution in [3.05, 3.63) is 75.3 Å². The van der Waals surface area contributed by atoms with Crippen molar-refractivity contribution in [3.63, 3.8) is 0 Å². The third kappa shape index (κ3) is 4.69. The molecule has 2 aromatic carbocycles. The SMILES string of the molecule is Cc1cc(C(=O)NCC(c2ccccc2)N2CCOCC2)ccc1[N+](=O)[O-]. The predicted octanol–water partition coefficient (Wildman–Crippen LogP) is 2.71. The van der Waals surface area contributed by atoms with Gasteiger partial charge in [-0.25, -0.2) is 0 Å². The van der Waals surface area contributed by atoms with E-state index in [9.17, 15) is 14.9 Å². The van der Waals surface area contributed by atoms with Crippen molar-refractivity contribution in [1.29, 1.82) is 0 Å². The lowest BCUT2D eigenvalue weighted by Crippen LogP contribution is -2.43. The second-order valence-corrected chi connectivity index (χ2v) is 6.54. The van der Waals surface area contributed by atoms with E-state index in [0.717, 1.165) is 18.7 Å². The van der Waals surface area contributed by atoms with Gasteiger partial charge >= 0.3 is 0 Å². The quantitative estimate of drug-likeness (QED) is 0.625. The topological polar surface area (TPSA) is 84.7 Å². The second-order valence-electron chi connectivity index (χ2n) is 6.54. The molecule has 0 bridgehead atoms. The Hall–Kier alpha value is -2.77. The summed E-state index contributed by atoms with van der Waals surface area (Å²) in [5.74, 6) is -0.234. The van der Waals surface area contributed by atoms with Crippen molar-refractivity contribution in [2.24, 2.45) is 0 Å². The fraction of sp³-hybridized carbons (Fsp3) is 0.350. The Balaban J connectivity index is 1.72. The number of amides is 1. The molecule has 0 spiro atoms. The summed E-state index contributed by atoms with van der Waals surface area (Å²) in [4.78, 5) is 25.4. The molecule has 27 heavy (non-hydrogen) atoms. The van der Waals surface area contributed by atoms with Crippen LogP contribution < -0.4 is 5.32 Å². The highest BCUT2D eigenvalue weighted by Crippen LogP contribution is 2.22. The molecule has 1 heterocycles. The van der Waals surface area contributed by atoms with Gasteiger partial charge < -0.3 is 10.1 Å². The third-order valence-electron chi connectivity index (χ3n) is 4.78. The highest BCUT2D eigenvalue weighted by molar-refractivity contribution is 5.94. The molecule has 1 aliphatic heterocycles. The zero-order valence-corrected chi connectivity index (χ0v) is 15.3. The van der Waals surface area contributed by atoms with Crippen LogP contribution in [0.2, 0.25) is 0 Å². The van der Waals surface area contributed by atoms with E-state index in [0.29, 0.717) is 30.9 Å². The molecule has 3 rings (SSSR count). The largest absolute Gasteiger partial charge is 0.379 e. The van der Waals surface area contributed by atoms with Crippen LogP contribution in [0.15, 0.2) is 48.5 Å². The van der Waals surface area contributed by atoms with E-state index in [4.69, 9.17) is 4.74 Å². The maximum absolute atomic E-state index is 12.6. The number of hydrogen-bond acceptors (Lipinski definition) is 5. The van der Waals surface area contributed by atoms with Crippen LogP contribution in [0.1, 0.15) is 27.5 Å². The minimum atomic E-state index is -0.444. The predicted molar refractivity (Wildman–Crippen MR) is 102 cm³/mol. The van der Waals surface area contributed by atoms with E-state index in [1.807, 2.05) is 18.2 Å². The van der Waals surface area contributed by atoms with E-state index in [-0.39, 0.29) is 17.6 Å². The molecule has 7 nitrogen and oxygen atoms in total. The van der Waals surface area contributed by atoms with Crippen molar-refractivity contribution < 1.29 is 14.5 Å². The Morgan fingerprint density at radius 3 is 2.56 bits per heavy atom. The Bertz CT molecular complexity index is 804. The Morgan fingerprint density at radius 2 is 1.93 bits per heavy atom. The minimum Gasteiger partial charge on any atom is -0.379 e. The van der Waals surface area contributed by atoms with Gasteiger partial charge in [-0.3, -0.25) is 19.8 Å². The maximum Gasteiger partial charge on any atom is 0.272 e. The number of nitrogens with one attached hydrogen (secondary N) is 1. The summed E-state index contributed by atoms with van der Waals surface area (Å²) in [6, 6.07) is 14.5. The summed E-state index contributed by atoms with van der Waals surface area (Å²) in [7, 11) is 0. The highest BCUT2D eigenvalue weighted by atomic mass is 16.6. The molecule has 1 amide bonds. The minimum absolute atomic E-state index is 0.0158. The fourth-order valence-corrected chi connectivity index (χ4v) is 3.32. The monoisotopic (exact) mass is 369 g/mol. The number of benzene rings is 2. The van der Waals surface area contributed by atoms with Crippen LogP contribution in [0.5, 0.6) is 0 Å². The first-order chi connectivity index (χ1) is 13.1. The normalized spacial score (nSPS) is 15.9. The van der Waals surface area contributed by atoms with Gasteiger partial charge in [-0.1, -0.05) is 30.3 Å². The van der Waals surface area contributed by atoms with Crippen LogP contribution in [-0.4, -0.2) is 48.6 Å². The average Bonchev–Trinajstić information content (AvgIpc) is 2.69. The molecular weight excluding hydrogens is 346 g/mol. The summed E-state index contributed by atoms with van der Waals surface area (Å²) < 4.78 is 5.44. The van der Waals surface area contributed by atoms with E-state index in [1.165, 1.54) is 12.1 Å². The maximum atomic E-state index is 12.6. The van der Waals surface area contributed by atoms with Crippen LogP contribution in [0.25, 0.3) is 0 Å². The molecule has 0 radical (unpaired) electrons. The molecule has 1 saturated heterocycles. The van der Waals surface area contributed by atoms with Gasteiger partial charge in [0.05, 0.1) is 24.2 Å². The van der Waals surface area contributed by atoms with Gasteiger partial charge in [-0.2, -0.15) is 0 Å². The number of nitro groups is 1. The van der Waals surface area contributed by atoms with E-state index >= 15 is 0 Å². The van der Waals surface area contributed by atoms with Gasteiger partial charge in [0.15, 0.2) is 0 Å². The number of morpholine rings is 1. The molecule has 0 saturated carbocycles. The van der Waals surface area contributed by atoms with E-state index in [1.54, 1.807) is 13.0 Å². The number of hydrogen-bond donors (Lipinski definition) is 1. The highest BCUT2D eigenvalue weighted by Gasteiger charge is 2.23. The molecule has 0 aliphatic carbocycles. The second kappa shape index (κ2) is 8.75. The van der Waals surface area contributed by atoms with E-state index < -0.39 is 4.92 Å². The van der Waals surface area contributed by atoms with Crippen LogP contribution in [0, 0.1) is 17.0 Å². The molecule has 0 aromatic heterocycles. The summed E-state index contributed by atoms with van der Waals surface area (Å²) >= 11 is 0. The van der Waals surface area contributed by atoms with Gasteiger partial charge in [-0.05, 0) is 24.6 Å². The molecule has 1 atom stereocenters. The van der Waals surface area contributed by atoms with Crippen molar-refractivity contribution in [2.45, 2.75) is 13.0 Å². The van der Waals surface area contributed by atoms with Gasteiger partial charge in [-0.15, -0.1) is 0 Å². The molecule has 1 unspecified atom stereocenters. The number of ether oxygens (including phenoxy) is 1. The van der Waals surface area contributed by atoms with Crippen molar-refractivity contribution in [3.8, 4) is 0 Å². The number of nitro benzene ring substituents is 1. The lowest BCUT2D eigenvalue weighted by atomic mass is 10.0. The Labute approximate surface area is 158 Å². The lowest BCUT2D eigenvalue weighted by Gasteiger charge is -2.35. The van der Waals surface area contributed by atoms with Crippen LogP contribution in [0.3, 0.4) is 0 Å². The van der Waals surface area contributed by atoms with Crippen molar-refractivity contribution in [1.82, 2.24) is 10.2 Å². The molecule has 2 aromatic rings. The zero-order valence-electron chi connectivity index (χ0n) is 15.3. The molecule has 142 valence electrons. The Kier molecular flexibility index (Phi) is 6.16. The summed E-state index contributed by atoms with van der Waals surface area (Å²) in [5, 5.41) is 13.9. The molecular formula is C20H23N3O4. The van der Waals surface area contributed by atoms with Crippen molar-refractivity contribution >= 4 is 11.6 Å². The first kappa shape index (κ1) is 19.0. The van der Waals surface area contributed by atoms with Crippen LogP contribution in [-0.2, 0) is 4.74 Å². The smallest absolute Gasteiger partial charge is 0.272 e. The van der Waals surface area contributed by atoms with Crippen LogP contribution >= 0.6 is 0 Å². The number of rotatable bonds is 6. The number of aryl methyl sites for hydroxylation is 1. The van der Waals surface area contributed by atoms with Crippen LogP contribution in [0.4, 0.5) is 5.69 Å². The molecule has 7 heteroatoms.